The first kappa shape index (κ1) is 26.8. The lowest BCUT2D eigenvalue weighted by atomic mass is 9.84. The minimum Gasteiger partial charge on any atom is -0.477 e. The van der Waals surface area contributed by atoms with Crippen molar-refractivity contribution >= 4 is 40.4 Å². The molecule has 3 aromatic heterocycles. The summed E-state index contributed by atoms with van der Waals surface area (Å²) >= 11 is 1.35. The predicted octanol–water partition coefficient (Wildman–Crippen LogP) is 7.04. The molecule has 7 rings (SSSR count). The van der Waals surface area contributed by atoms with Gasteiger partial charge in [0.15, 0.2) is 11.4 Å². The lowest BCUT2D eigenvalue weighted by molar-refractivity contribution is -0.363. The number of carboxylic acids is 1. The minimum atomic E-state index is -4.05. The zero-order valence-electron chi connectivity index (χ0n) is 23.9. The number of carbonyl (C=O) groups is 1. The van der Waals surface area contributed by atoms with Crippen molar-refractivity contribution in [2.24, 2.45) is 0 Å². The van der Waals surface area contributed by atoms with E-state index in [0.29, 0.717) is 45.3 Å². The summed E-state index contributed by atoms with van der Waals surface area (Å²) in [5, 5.41) is 10.2. The molecule has 0 unspecified atom stereocenters. The zero-order valence-corrected chi connectivity index (χ0v) is 24.7. The Morgan fingerprint density at radius 2 is 1.81 bits per heavy atom. The highest BCUT2D eigenvalue weighted by atomic mass is 32.1. The average Bonchev–Trinajstić information content (AvgIpc) is 3.49. The summed E-state index contributed by atoms with van der Waals surface area (Å²) in [5.74, 6) is -0.903. The number of halogens is 2. The molecule has 1 fully saturated rings. The van der Waals surface area contributed by atoms with Crippen LogP contribution in [0.4, 0.5) is 8.63 Å². The monoisotopic (exact) mass is 585 g/mol. The van der Waals surface area contributed by atoms with Gasteiger partial charge in [-0.15, -0.1) is 11.3 Å². The summed E-state index contributed by atoms with van der Waals surface area (Å²) in [6, 6.07) is 12.7. The van der Waals surface area contributed by atoms with Crippen LogP contribution >= 0.6 is 11.3 Å². The van der Waals surface area contributed by atoms with E-state index in [1.54, 1.807) is 19.9 Å². The van der Waals surface area contributed by atoms with Gasteiger partial charge in [0.05, 0.1) is 4.88 Å². The Hall–Kier alpha value is -4.05. The number of benzene rings is 1. The molecule has 1 aliphatic carbocycles. The van der Waals surface area contributed by atoms with Crippen LogP contribution in [0.1, 0.15) is 77.6 Å². The standard InChI is InChI=1S/C32H30BF2N3O3S/c1-17-14-19(3)37-27(17)24(28-18(2)15-20(4)38(28)33(37,34)35)13-12-23-16-25(39)36-29(32(40)41)30(22-8-6-5-7-9-22)42-31(36)26(23)21-10-11-21/h5-9,14-16,21H,10-13H2,1-4H3,(H,40,41). The first-order valence-corrected chi connectivity index (χ1v) is 15.1. The quantitative estimate of drug-likeness (QED) is 0.247. The Labute approximate surface area is 245 Å². The highest BCUT2D eigenvalue weighted by Crippen LogP contribution is 2.48. The van der Waals surface area contributed by atoms with Crippen molar-refractivity contribution in [2.75, 3.05) is 0 Å². The van der Waals surface area contributed by atoms with E-state index in [4.69, 9.17) is 0 Å². The van der Waals surface area contributed by atoms with Crippen molar-refractivity contribution in [3.05, 3.63) is 104 Å². The second kappa shape index (κ2) is 9.23. The fourth-order valence-electron chi connectivity index (χ4n) is 7.13. The maximum atomic E-state index is 16.0. The summed E-state index contributed by atoms with van der Waals surface area (Å²) in [6.07, 6.45) is 4.71. The molecule has 0 atom stereocenters. The molecule has 6 nitrogen and oxygen atoms in total. The number of nitrogens with zero attached hydrogens (tertiary/aromatic N) is 3. The summed E-state index contributed by atoms with van der Waals surface area (Å²) in [4.78, 5) is 27.3. The van der Waals surface area contributed by atoms with Crippen LogP contribution in [0.5, 0.6) is 0 Å². The topological polar surface area (TPSA) is 66.7 Å². The number of aromatic carboxylic acids is 1. The lowest BCUT2D eigenvalue weighted by Crippen LogP contribution is -2.51. The first-order chi connectivity index (χ1) is 20.0. The zero-order chi connectivity index (χ0) is 29.7. The van der Waals surface area contributed by atoms with Gasteiger partial charge in [-0.2, -0.15) is 0 Å². The number of thiazole rings is 1. The first-order valence-electron chi connectivity index (χ1n) is 14.3. The molecule has 3 aliphatic rings. The van der Waals surface area contributed by atoms with Gasteiger partial charge < -0.3 is 22.7 Å². The van der Waals surface area contributed by atoms with Crippen molar-refractivity contribution in [3.63, 3.8) is 0 Å². The molecule has 1 N–H and O–H groups in total. The third kappa shape index (κ3) is 3.77. The molecule has 0 radical (unpaired) electrons. The molecule has 1 saturated carbocycles. The van der Waals surface area contributed by atoms with Crippen molar-refractivity contribution in [1.29, 1.82) is 0 Å². The van der Waals surface area contributed by atoms with Gasteiger partial charge in [-0.1, -0.05) is 30.3 Å². The number of aromatic nitrogens is 2. The van der Waals surface area contributed by atoms with Crippen molar-refractivity contribution in [1.82, 2.24) is 8.88 Å². The van der Waals surface area contributed by atoms with E-state index in [1.165, 1.54) is 24.7 Å². The Bertz CT molecular complexity index is 2010. The van der Waals surface area contributed by atoms with Gasteiger partial charge in [0.25, 0.3) is 5.56 Å². The molecule has 0 saturated heterocycles. The Balaban J connectivity index is 1.40. The van der Waals surface area contributed by atoms with E-state index >= 15 is 8.63 Å². The average molecular weight is 585 g/mol. The number of allylic oxidation sites excluding steroid dienone is 3. The van der Waals surface area contributed by atoms with Crippen LogP contribution in [-0.4, -0.2) is 37.1 Å². The molecule has 2 aliphatic heterocycles. The number of rotatable bonds is 6. The Kier molecular flexibility index (Phi) is 5.89. The van der Waals surface area contributed by atoms with Crippen LogP contribution in [0.25, 0.3) is 20.8 Å². The van der Waals surface area contributed by atoms with Crippen LogP contribution in [0, 0.1) is 13.8 Å². The second-order valence-corrected chi connectivity index (χ2v) is 12.7. The normalized spacial score (nSPS) is 17.6. The van der Waals surface area contributed by atoms with Crippen LogP contribution < -0.4 is 5.56 Å². The third-order valence-electron chi connectivity index (χ3n) is 8.84. The summed E-state index contributed by atoms with van der Waals surface area (Å²) in [5.41, 5.74) is 6.88. The predicted molar refractivity (Wildman–Crippen MR) is 163 cm³/mol. The fraction of sp³-hybridized carbons (Fsp3) is 0.281. The molecule has 10 heteroatoms. The summed E-state index contributed by atoms with van der Waals surface area (Å²) < 4.78 is 35.8. The largest absolute Gasteiger partial charge is 0.737 e. The van der Waals surface area contributed by atoms with E-state index in [2.05, 4.69) is 0 Å². The summed E-state index contributed by atoms with van der Waals surface area (Å²) in [6.45, 7) is 3.16. The highest BCUT2D eigenvalue weighted by molar-refractivity contribution is 7.21. The fourth-order valence-corrected chi connectivity index (χ4v) is 8.53. The molecular weight excluding hydrogens is 555 g/mol. The van der Waals surface area contributed by atoms with Gasteiger partial charge in [-0.05, 0) is 86.4 Å². The van der Waals surface area contributed by atoms with Gasteiger partial charge >= 0.3 is 12.9 Å². The smallest absolute Gasteiger partial charge is 0.477 e. The van der Waals surface area contributed by atoms with E-state index in [0.717, 1.165) is 46.2 Å². The van der Waals surface area contributed by atoms with Crippen LogP contribution in [-0.2, 0) is 6.42 Å². The van der Waals surface area contributed by atoms with Gasteiger partial charge in [-0.3, -0.25) is 9.20 Å². The SMILES string of the molecule is CC1=CC(C)=[N+]2C1=C(CCc1cc(=O)n3c(C(=O)O)c(-c4ccccc4)sc3c1C1CC1)c1c(C)cc(C)n1[B-]2(F)F. The molecular formula is C32H30BF2N3O3S. The molecule has 4 aromatic rings. The van der Waals surface area contributed by atoms with E-state index in [9.17, 15) is 14.7 Å². The molecule has 0 spiro atoms. The third-order valence-corrected chi connectivity index (χ3v) is 10.1. The number of pyridine rings is 1. The molecule has 0 amide bonds. The van der Waals surface area contributed by atoms with E-state index in [-0.39, 0.29) is 17.2 Å². The molecule has 5 heterocycles. The number of hydrogen-bond acceptors (Lipinski definition) is 3. The molecule has 0 bridgehead atoms. The summed E-state index contributed by atoms with van der Waals surface area (Å²) in [7, 11) is 0. The Morgan fingerprint density at radius 1 is 1.10 bits per heavy atom. The van der Waals surface area contributed by atoms with Gasteiger partial charge in [0.2, 0.25) is 0 Å². The number of aryl methyl sites for hydroxylation is 3. The van der Waals surface area contributed by atoms with Crippen LogP contribution in [0.2, 0.25) is 0 Å². The van der Waals surface area contributed by atoms with Crippen LogP contribution in [0.15, 0.2) is 64.6 Å². The van der Waals surface area contributed by atoms with E-state index in [1.807, 2.05) is 56.3 Å². The minimum absolute atomic E-state index is 0.0152. The van der Waals surface area contributed by atoms with Crippen molar-refractivity contribution in [2.45, 2.75) is 59.3 Å². The van der Waals surface area contributed by atoms with Gasteiger partial charge in [-0.25, -0.2) is 4.79 Å². The number of carboxylic acid groups (broad SMARTS) is 1. The molecule has 42 heavy (non-hydrogen) atoms. The Morgan fingerprint density at radius 3 is 2.48 bits per heavy atom. The van der Waals surface area contributed by atoms with E-state index < -0.39 is 12.9 Å². The highest BCUT2D eigenvalue weighted by Gasteiger charge is 2.54. The van der Waals surface area contributed by atoms with Crippen molar-refractivity contribution < 1.29 is 23.0 Å². The molecule has 214 valence electrons. The maximum absolute atomic E-state index is 16.0. The van der Waals surface area contributed by atoms with Gasteiger partial charge in [0.1, 0.15) is 10.5 Å². The molecule has 1 aromatic carbocycles. The number of hydrogen-bond donors (Lipinski definition) is 1. The maximum Gasteiger partial charge on any atom is 0.737 e. The van der Waals surface area contributed by atoms with Gasteiger partial charge in [0, 0.05) is 35.9 Å². The van der Waals surface area contributed by atoms with Crippen LogP contribution in [0.3, 0.4) is 0 Å². The number of fused-ring (bicyclic) bond motifs is 3. The van der Waals surface area contributed by atoms with Crippen molar-refractivity contribution in [3.8, 4) is 10.4 Å². The second-order valence-electron chi connectivity index (χ2n) is 11.7. The lowest BCUT2D eigenvalue weighted by Gasteiger charge is -2.34.